The molecule has 3 heteroatoms. The minimum absolute atomic E-state index is 0.0990. The number of nitrogens with one attached hydrogen (secondary N) is 2. The first kappa shape index (κ1) is 12.1. The van der Waals surface area contributed by atoms with Crippen LogP contribution in [0.25, 0.3) is 0 Å². The monoisotopic (exact) mass is 248 g/mol. The molecule has 1 saturated heterocycles. The summed E-state index contributed by atoms with van der Waals surface area (Å²) in [6.07, 6.45) is 2.18. The average Bonchev–Trinajstić information content (AvgIpc) is 2.47. The molecule has 2 aliphatic heterocycles. The third-order valence-corrected chi connectivity index (χ3v) is 4.30. The number of piperidine rings is 1. The van der Waals surface area contributed by atoms with Crippen LogP contribution in [0.3, 0.4) is 0 Å². The van der Waals surface area contributed by atoms with E-state index in [1.54, 1.807) is 0 Å². The summed E-state index contributed by atoms with van der Waals surface area (Å²) < 4.78 is 14.8. The number of alkyl halides is 1. The van der Waals surface area contributed by atoms with Crippen LogP contribution in [0.2, 0.25) is 0 Å². The van der Waals surface area contributed by atoms with Crippen molar-refractivity contribution in [1.82, 2.24) is 10.6 Å². The van der Waals surface area contributed by atoms with Crippen molar-refractivity contribution >= 4 is 0 Å². The maximum atomic E-state index is 14.8. The Bertz CT molecular complexity index is 401. The number of hydrogen-bond acceptors (Lipinski definition) is 2. The Balaban J connectivity index is 1.80. The van der Waals surface area contributed by atoms with Crippen molar-refractivity contribution in [2.45, 2.75) is 31.5 Å². The minimum atomic E-state index is -0.756. The molecular formula is C15H21FN2. The van der Waals surface area contributed by atoms with E-state index in [1.165, 1.54) is 11.1 Å². The van der Waals surface area contributed by atoms with E-state index in [1.807, 2.05) is 6.07 Å². The van der Waals surface area contributed by atoms with Crippen LogP contribution >= 0.6 is 0 Å². The fourth-order valence-electron chi connectivity index (χ4n) is 3.26. The Morgan fingerprint density at radius 1 is 1.11 bits per heavy atom. The maximum Gasteiger partial charge on any atom is 0.122 e. The highest BCUT2D eigenvalue weighted by Gasteiger charge is 2.33. The molecule has 2 unspecified atom stereocenters. The number of rotatable bonds is 2. The van der Waals surface area contributed by atoms with Crippen molar-refractivity contribution in [2.75, 3.05) is 19.6 Å². The molecule has 0 saturated carbocycles. The highest BCUT2D eigenvalue weighted by molar-refractivity contribution is 5.33. The molecule has 2 nitrogen and oxygen atoms in total. The molecule has 0 bridgehead atoms. The van der Waals surface area contributed by atoms with Crippen LogP contribution in [0.1, 0.15) is 30.0 Å². The molecule has 2 N–H and O–H groups in total. The Morgan fingerprint density at radius 2 is 1.89 bits per heavy atom. The molecular weight excluding hydrogens is 227 g/mol. The van der Waals surface area contributed by atoms with E-state index in [2.05, 4.69) is 28.8 Å². The highest BCUT2D eigenvalue weighted by atomic mass is 19.1. The smallest absolute Gasteiger partial charge is 0.122 e. The Morgan fingerprint density at radius 3 is 2.72 bits per heavy atom. The van der Waals surface area contributed by atoms with Gasteiger partial charge in [-0.15, -0.1) is 0 Å². The normalized spacial score (nSPS) is 26.6. The van der Waals surface area contributed by atoms with Crippen molar-refractivity contribution in [3.63, 3.8) is 0 Å². The highest BCUT2D eigenvalue weighted by Crippen LogP contribution is 2.33. The number of halogens is 1. The van der Waals surface area contributed by atoms with Crippen molar-refractivity contribution in [1.29, 1.82) is 0 Å². The lowest BCUT2D eigenvalue weighted by molar-refractivity contribution is 0.138. The van der Waals surface area contributed by atoms with E-state index in [-0.39, 0.29) is 12.0 Å². The third kappa shape index (κ3) is 2.29. The number of fused-ring (bicyclic) bond motifs is 1. The van der Waals surface area contributed by atoms with E-state index < -0.39 is 6.17 Å². The zero-order valence-electron chi connectivity index (χ0n) is 10.7. The molecule has 2 aliphatic rings. The fourth-order valence-corrected chi connectivity index (χ4v) is 3.26. The molecule has 2 heterocycles. The summed E-state index contributed by atoms with van der Waals surface area (Å²) in [6, 6.07) is 8.20. The predicted octanol–water partition coefficient (Wildman–Crippen LogP) is 2.21. The first-order valence-corrected chi connectivity index (χ1v) is 7.02. The summed E-state index contributed by atoms with van der Waals surface area (Å²) in [4.78, 5) is 0. The van der Waals surface area contributed by atoms with E-state index in [0.29, 0.717) is 0 Å². The van der Waals surface area contributed by atoms with E-state index in [0.717, 1.165) is 38.9 Å². The number of benzene rings is 1. The molecule has 18 heavy (non-hydrogen) atoms. The Hall–Kier alpha value is -0.930. The standard InChI is InChI=1S/C15H21FN2/c16-14(12-5-8-17-9-6-12)15-13-4-2-1-3-11(13)7-10-18-15/h1-4,12,14-15,17-18H,5-10H2. The Labute approximate surface area is 108 Å². The van der Waals surface area contributed by atoms with Gasteiger partial charge in [0.1, 0.15) is 6.17 Å². The molecule has 0 radical (unpaired) electrons. The molecule has 1 fully saturated rings. The van der Waals surface area contributed by atoms with Gasteiger partial charge < -0.3 is 10.6 Å². The van der Waals surface area contributed by atoms with Crippen LogP contribution in [0.15, 0.2) is 24.3 Å². The molecule has 98 valence electrons. The van der Waals surface area contributed by atoms with Gasteiger partial charge in [0.05, 0.1) is 6.04 Å². The lowest BCUT2D eigenvalue weighted by Gasteiger charge is -2.35. The summed E-state index contributed by atoms with van der Waals surface area (Å²) >= 11 is 0. The maximum absolute atomic E-state index is 14.8. The molecule has 1 aromatic carbocycles. The van der Waals surface area contributed by atoms with Gasteiger partial charge in [-0.2, -0.15) is 0 Å². The van der Waals surface area contributed by atoms with Crippen LogP contribution in [-0.2, 0) is 6.42 Å². The second-order valence-electron chi connectivity index (χ2n) is 5.41. The van der Waals surface area contributed by atoms with Gasteiger partial charge in [-0.05, 0) is 55.9 Å². The summed E-state index contributed by atoms with van der Waals surface area (Å²) in [5.74, 6) is 0.204. The third-order valence-electron chi connectivity index (χ3n) is 4.30. The Kier molecular flexibility index (Phi) is 3.62. The van der Waals surface area contributed by atoms with Gasteiger partial charge in [-0.1, -0.05) is 24.3 Å². The van der Waals surface area contributed by atoms with Crippen molar-refractivity contribution in [2.24, 2.45) is 5.92 Å². The average molecular weight is 248 g/mol. The van der Waals surface area contributed by atoms with Gasteiger partial charge in [0.25, 0.3) is 0 Å². The van der Waals surface area contributed by atoms with Crippen molar-refractivity contribution in [3.8, 4) is 0 Å². The number of hydrogen-bond donors (Lipinski definition) is 2. The van der Waals surface area contributed by atoms with Crippen molar-refractivity contribution < 1.29 is 4.39 Å². The first-order valence-electron chi connectivity index (χ1n) is 7.02. The van der Waals surface area contributed by atoms with Gasteiger partial charge in [-0.3, -0.25) is 0 Å². The zero-order chi connectivity index (χ0) is 12.4. The second kappa shape index (κ2) is 5.37. The van der Waals surface area contributed by atoms with E-state index in [4.69, 9.17) is 0 Å². The van der Waals surface area contributed by atoms with Gasteiger partial charge in [-0.25, -0.2) is 4.39 Å². The van der Waals surface area contributed by atoms with Gasteiger partial charge >= 0.3 is 0 Å². The van der Waals surface area contributed by atoms with Gasteiger partial charge in [0, 0.05) is 0 Å². The zero-order valence-corrected chi connectivity index (χ0v) is 10.7. The van der Waals surface area contributed by atoms with Crippen molar-refractivity contribution in [3.05, 3.63) is 35.4 Å². The topological polar surface area (TPSA) is 24.1 Å². The van der Waals surface area contributed by atoms with Gasteiger partial charge in [0.2, 0.25) is 0 Å². The second-order valence-corrected chi connectivity index (χ2v) is 5.41. The minimum Gasteiger partial charge on any atom is -0.317 e. The molecule has 0 amide bonds. The fraction of sp³-hybridized carbons (Fsp3) is 0.600. The quantitative estimate of drug-likeness (QED) is 0.838. The molecule has 0 aliphatic carbocycles. The summed E-state index contributed by atoms with van der Waals surface area (Å²) in [6.45, 7) is 2.81. The molecule has 3 rings (SSSR count). The summed E-state index contributed by atoms with van der Waals surface area (Å²) in [5, 5.41) is 6.68. The molecule has 0 aromatic heterocycles. The van der Waals surface area contributed by atoms with E-state index >= 15 is 0 Å². The summed E-state index contributed by atoms with van der Waals surface area (Å²) in [7, 11) is 0. The largest absolute Gasteiger partial charge is 0.317 e. The lowest BCUT2D eigenvalue weighted by Crippen LogP contribution is -2.42. The van der Waals surface area contributed by atoms with Crippen LogP contribution in [-0.4, -0.2) is 25.8 Å². The van der Waals surface area contributed by atoms with Crippen LogP contribution in [0.4, 0.5) is 4.39 Å². The predicted molar refractivity (Wildman–Crippen MR) is 71.4 cm³/mol. The molecule has 2 atom stereocenters. The van der Waals surface area contributed by atoms with Gasteiger partial charge in [0.15, 0.2) is 0 Å². The van der Waals surface area contributed by atoms with Crippen LogP contribution < -0.4 is 10.6 Å². The first-order chi connectivity index (χ1) is 8.86. The van der Waals surface area contributed by atoms with E-state index in [9.17, 15) is 4.39 Å². The SMILES string of the molecule is FC(C1CCNCC1)C1NCCc2ccccc21. The summed E-state index contributed by atoms with van der Waals surface area (Å²) in [5.41, 5.74) is 2.49. The van der Waals surface area contributed by atoms with Crippen LogP contribution in [0, 0.1) is 5.92 Å². The molecule has 0 spiro atoms. The van der Waals surface area contributed by atoms with Crippen LogP contribution in [0.5, 0.6) is 0 Å². The molecule has 1 aromatic rings. The lowest BCUT2D eigenvalue weighted by atomic mass is 9.83.